The van der Waals surface area contributed by atoms with Crippen molar-refractivity contribution in [2.24, 2.45) is 4.99 Å². The van der Waals surface area contributed by atoms with Crippen LogP contribution in [0.1, 0.15) is 0 Å². The van der Waals surface area contributed by atoms with Crippen molar-refractivity contribution in [1.82, 2.24) is 5.32 Å². The monoisotopic (exact) mass is 140 g/mol. The second-order valence-corrected chi connectivity index (χ2v) is 1.91. The van der Waals surface area contributed by atoms with Crippen molar-refractivity contribution in [3.8, 4) is 0 Å². The number of rotatable bonds is 2. The zero-order valence-corrected chi connectivity index (χ0v) is 5.37. The molecule has 1 aliphatic heterocycles. The molecule has 0 aromatic heterocycles. The molecule has 0 saturated carbocycles. The molecule has 4 heteroatoms. The van der Waals surface area contributed by atoms with Crippen molar-refractivity contribution in [1.29, 1.82) is 0 Å². The van der Waals surface area contributed by atoms with Gasteiger partial charge in [0, 0.05) is 12.6 Å². The molecule has 1 rings (SSSR count). The number of hydrogen-bond donors (Lipinski definition) is 2. The molecule has 0 aliphatic carbocycles. The van der Waals surface area contributed by atoms with E-state index < -0.39 is 5.97 Å². The summed E-state index contributed by atoms with van der Waals surface area (Å²) in [5.41, 5.74) is 0.794. The lowest BCUT2D eigenvalue weighted by atomic mass is 10.3. The Morgan fingerprint density at radius 2 is 2.60 bits per heavy atom. The average molecular weight is 140 g/mol. The summed E-state index contributed by atoms with van der Waals surface area (Å²) in [6, 6.07) is 0. The van der Waals surface area contributed by atoms with E-state index in [1.54, 1.807) is 0 Å². The van der Waals surface area contributed by atoms with Gasteiger partial charge in [0.25, 0.3) is 0 Å². The minimum Gasteiger partial charge on any atom is -0.478 e. The molecule has 0 atom stereocenters. The fourth-order valence-corrected chi connectivity index (χ4v) is 0.676. The fourth-order valence-electron chi connectivity index (χ4n) is 0.676. The van der Waals surface area contributed by atoms with Crippen molar-refractivity contribution in [2.45, 2.75) is 0 Å². The summed E-state index contributed by atoms with van der Waals surface area (Å²) in [7, 11) is 0. The van der Waals surface area contributed by atoms with Gasteiger partial charge < -0.3 is 5.11 Å². The van der Waals surface area contributed by atoms with Gasteiger partial charge in [-0.2, -0.15) is 0 Å². The van der Waals surface area contributed by atoms with E-state index in [9.17, 15) is 4.79 Å². The molecule has 4 nitrogen and oxygen atoms in total. The number of carboxylic acids is 1. The number of hydrogen-bond acceptors (Lipinski definition) is 3. The second kappa shape index (κ2) is 3.12. The maximum Gasteiger partial charge on any atom is 0.328 e. The minimum absolute atomic E-state index is 0.597. The molecule has 0 amide bonds. The molecule has 2 N–H and O–H groups in total. The van der Waals surface area contributed by atoms with Crippen LogP contribution in [0.15, 0.2) is 17.1 Å². The van der Waals surface area contributed by atoms with E-state index in [1.165, 1.54) is 6.08 Å². The van der Waals surface area contributed by atoms with Crippen LogP contribution in [-0.4, -0.2) is 30.0 Å². The molecule has 10 heavy (non-hydrogen) atoms. The smallest absolute Gasteiger partial charge is 0.328 e. The molecule has 1 aliphatic rings. The summed E-state index contributed by atoms with van der Waals surface area (Å²) in [6.07, 6.45) is 2.59. The predicted octanol–water partition coefficient (Wildman–Crippen LogP) is -0.371. The predicted molar refractivity (Wildman–Crippen MR) is 37.1 cm³/mol. The summed E-state index contributed by atoms with van der Waals surface area (Å²) in [6.45, 7) is 1.27. The van der Waals surface area contributed by atoms with Crippen molar-refractivity contribution in [3.05, 3.63) is 12.2 Å². The van der Waals surface area contributed by atoms with Gasteiger partial charge in [-0.05, 0) is 6.08 Å². The van der Waals surface area contributed by atoms with Gasteiger partial charge in [0.1, 0.15) is 0 Å². The summed E-state index contributed by atoms with van der Waals surface area (Å²) in [4.78, 5) is 14.0. The van der Waals surface area contributed by atoms with E-state index in [0.717, 1.165) is 11.8 Å². The van der Waals surface area contributed by atoms with Gasteiger partial charge in [0.05, 0.1) is 12.4 Å². The lowest BCUT2D eigenvalue weighted by molar-refractivity contribution is -0.131. The van der Waals surface area contributed by atoms with Crippen molar-refractivity contribution < 1.29 is 9.90 Å². The van der Waals surface area contributed by atoms with Crippen molar-refractivity contribution in [3.63, 3.8) is 0 Å². The van der Waals surface area contributed by atoms with Crippen LogP contribution >= 0.6 is 0 Å². The summed E-state index contributed by atoms with van der Waals surface area (Å²) >= 11 is 0. The largest absolute Gasteiger partial charge is 0.478 e. The number of carboxylic acid groups (broad SMARTS) is 1. The Morgan fingerprint density at radius 3 is 3.10 bits per heavy atom. The van der Waals surface area contributed by atoms with Gasteiger partial charge in [0.15, 0.2) is 0 Å². The Balaban J connectivity index is 2.44. The molecule has 0 aromatic rings. The first kappa shape index (κ1) is 6.95. The SMILES string of the molecule is O=C(O)C=CC1=NCNC1. The van der Waals surface area contributed by atoms with Crippen molar-refractivity contribution in [2.75, 3.05) is 13.2 Å². The van der Waals surface area contributed by atoms with Crippen LogP contribution in [-0.2, 0) is 4.79 Å². The molecule has 1 heterocycles. The van der Waals surface area contributed by atoms with Crippen LogP contribution in [0, 0.1) is 0 Å². The zero-order chi connectivity index (χ0) is 7.40. The number of nitrogens with one attached hydrogen (secondary N) is 1. The van der Waals surface area contributed by atoms with Gasteiger partial charge in [0.2, 0.25) is 0 Å². The number of nitrogens with zero attached hydrogens (tertiary/aromatic N) is 1. The van der Waals surface area contributed by atoms with E-state index in [4.69, 9.17) is 5.11 Å². The first-order valence-electron chi connectivity index (χ1n) is 2.94. The molecule has 0 aromatic carbocycles. The van der Waals surface area contributed by atoms with Crippen LogP contribution in [0.25, 0.3) is 0 Å². The number of aliphatic imine (C=N–C) groups is 1. The Hall–Kier alpha value is -1.16. The molecule has 54 valence electrons. The van der Waals surface area contributed by atoms with Crippen molar-refractivity contribution >= 4 is 11.7 Å². The normalized spacial score (nSPS) is 17.8. The average Bonchev–Trinajstić information content (AvgIpc) is 2.34. The highest BCUT2D eigenvalue weighted by atomic mass is 16.4. The van der Waals surface area contributed by atoms with Crippen LogP contribution in [0.2, 0.25) is 0 Å². The van der Waals surface area contributed by atoms with Crippen LogP contribution in [0.3, 0.4) is 0 Å². The van der Waals surface area contributed by atoms with Crippen LogP contribution in [0.4, 0.5) is 0 Å². The van der Waals surface area contributed by atoms with E-state index in [-0.39, 0.29) is 0 Å². The number of aliphatic carboxylic acids is 1. The summed E-state index contributed by atoms with van der Waals surface area (Å²) in [5.74, 6) is -0.936. The van der Waals surface area contributed by atoms with Gasteiger partial charge in [-0.25, -0.2) is 4.79 Å². The van der Waals surface area contributed by atoms with Crippen LogP contribution in [0.5, 0.6) is 0 Å². The molecule has 0 unspecified atom stereocenters. The summed E-state index contributed by atoms with van der Waals surface area (Å²) < 4.78 is 0. The van der Waals surface area contributed by atoms with Gasteiger partial charge >= 0.3 is 5.97 Å². The quantitative estimate of drug-likeness (QED) is 0.514. The van der Waals surface area contributed by atoms with E-state index in [0.29, 0.717) is 13.2 Å². The summed E-state index contributed by atoms with van der Waals surface area (Å²) in [5, 5.41) is 11.2. The van der Waals surface area contributed by atoms with Gasteiger partial charge in [-0.1, -0.05) is 0 Å². The lowest BCUT2D eigenvalue weighted by Gasteiger charge is -1.85. The third-order valence-electron chi connectivity index (χ3n) is 1.12. The highest BCUT2D eigenvalue weighted by Gasteiger charge is 2.00. The van der Waals surface area contributed by atoms with Crippen LogP contribution < -0.4 is 5.32 Å². The topological polar surface area (TPSA) is 61.7 Å². The Bertz CT molecular complexity index is 196. The van der Waals surface area contributed by atoms with E-state index >= 15 is 0 Å². The van der Waals surface area contributed by atoms with Gasteiger partial charge in [-0.3, -0.25) is 10.3 Å². The molecule has 0 saturated heterocycles. The molecule has 0 fully saturated rings. The van der Waals surface area contributed by atoms with E-state index in [2.05, 4.69) is 10.3 Å². The molecular weight excluding hydrogens is 132 g/mol. The first-order chi connectivity index (χ1) is 4.79. The third kappa shape index (κ3) is 1.99. The standard InChI is InChI=1S/C6H8N2O2/c9-6(10)2-1-5-3-7-4-8-5/h1-2,7H,3-4H2,(H,9,10). The Labute approximate surface area is 58.3 Å². The molecular formula is C6H8N2O2. The van der Waals surface area contributed by atoms with E-state index in [1.807, 2.05) is 0 Å². The molecule has 0 spiro atoms. The maximum atomic E-state index is 9.99. The maximum absolute atomic E-state index is 9.99. The lowest BCUT2D eigenvalue weighted by Crippen LogP contribution is -2.11. The highest BCUT2D eigenvalue weighted by Crippen LogP contribution is 1.87. The zero-order valence-electron chi connectivity index (χ0n) is 5.37. The fraction of sp³-hybridized carbons (Fsp3) is 0.333. The minimum atomic E-state index is -0.936. The Kier molecular flexibility index (Phi) is 2.17. The highest BCUT2D eigenvalue weighted by molar-refractivity contribution is 6.01. The number of carbonyl (C=O) groups is 1. The third-order valence-corrected chi connectivity index (χ3v) is 1.12. The van der Waals surface area contributed by atoms with Gasteiger partial charge in [-0.15, -0.1) is 0 Å². The first-order valence-corrected chi connectivity index (χ1v) is 2.94. The molecule has 0 bridgehead atoms. The molecule has 0 radical (unpaired) electrons. The second-order valence-electron chi connectivity index (χ2n) is 1.91. The Morgan fingerprint density at radius 1 is 1.80 bits per heavy atom.